The highest BCUT2D eigenvalue weighted by atomic mass is 32.2. The van der Waals surface area contributed by atoms with Crippen LogP contribution in [-0.2, 0) is 26.0 Å². The number of ether oxygens (including phenoxy) is 1. The highest BCUT2D eigenvalue weighted by molar-refractivity contribution is 7.92. The number of benzene rings is 3. The van der Waals surface area contributed by atoms with Gasteiger partial charge in [0.05, 0.1) is 16.8 Å². The largest absolute Gasteiger partial charge is 0.484 e. The van der Waals surface area contributed by atoms with Crippen LogP contribution in [0.3, 0.4) is 0 Å². The normalized spacial score (nSPS) is 11.2. The van der Waals surface area contributed by atoms with Crippen molar-refractivity contribution < 1.29 is 22.7 Å². The molecule has 0 radical (unpaired) electrons. The highest BCUT2D eigenvalue weighted by Gasteiger charge is 2.28. The molecule has 9 nitrogen and oxygen atoms in total. The zero-order chi connectivity index (χ0) is 25.3. The summed E-state index contributed by atoms with van der Waals surface area (Å²) in [5.41, 5.74) is 9.31. The summed E-state index contributed by atoms with van der Waals surface area (Å²) in [6, 6.07) is 21.6. The Bertz CT molecular complexity index is 1290. The molecule has 0 heterocycles. The number of nitrogens with two attached hydrogens (primary N) is 1. The van der Waals surface area contributed by atoms with E-state index in [0.717, 1.165) is 9.87 Å². The van der Waals surface area contributed by atoms with Gasteiger partial charge in [-0.1, -0.05) is 43.3 Å². The van der Waals surface area contributed by atoms with Gasteiger partial charge in [-0.3, -0.25) is 13.9 Å². The van der Waals surface area contributed by atoms with E-state index in [-0.39, 0.29) is 11.5 Å². The molecule has 0 aromatic heterocycles. The summed E-state index contributed by atoms with van der Waals surface area (Å²) < 4.78 is 33.1. The highest BCUT2D eigenvalue weighted by Crippen LogP contribution is 2.27. The first kappa shape index (κ1) is 25.4. The minimum atomic E-state index is -4.00. The van der Waals surface area contributed by atoms with Crippen LogP contribution in [0.1, 0.15) is 18.1 Å². The topological polar surface area (TPSA) is 131 Å². The molecule has 35 heavy (non-hydrogen) atoms. The monoisotopic (exact) mass is 494 g/mol. The summed E-state index contributed by atoms with van der Waals surface area (Å²) in [7, 11) is -4.00. The van der Waals surface area contributed by atoms with Gasteiger partial charge in [0.2, 0.25) is 0 Å². The second-order valence-corrected chi connectivity index (χ2v) is 9.29. The third-order valence-corrected chi connectivity index (χ3v) is 6.70. The maximum atomic E-state index is 13.4. The second kappa shape index (κ2) is 11.8. The molecular weight excluding hydrogens is 468 g/mol. The average molecular weight is 495 g/mol. The lowest BCUT2D eigenvalue weighted by Crippen LogP contribution is -2.40. The van der Waals surface area contributed by atoms with E-state index in [1.165, 1.54) is 18.3 Å². The summed E-state index contributed by atoms with van der Waals surface area (Å²) in [4.78, 5) is 23.6. The van der Waals surface area contributed by atoms with Gasteiger partial charge in [0.15, 0.2) is 6.61 Å². The molecule has 0 atom stereocenters. The Morgan fingerprint density at radius 2 is 1.66 bits per heavy atom. The molecule has 0 saturated heterocycles. The molecule has 0 spiro atoms. The Labute approximate surface area is 204 Å². The van der Waals surface area contributed by atoms with Gasteiger partial charge in [0, 0.05) is 0 Å². The predicted octanol–water partition coefficient (Wildman–Crippen LogP) is 2.46. The Hall–Kier alpha value is -4.18. The molecule has 0 aliphatic carbocycles. The van der Waals surface area contributed by atoms with Gasteiger partial charge in [-0.25, -0.2) is 13.8 Å². The number of hydrogen-bond acceptors (Lipinski definition) is 6. The number of amides is 2. The van der Waals surface area contributed by atoms with Crippen LogP contribution in [0.2, 0.25) is 0 Å². The summed E-state index contributed by atoms with van der Waals surface area (Å²) in [6.45, 7) is 1.24. The lowest BCUT2D eigenvalue weighted by atomic mass is 10.1. The van der Waals surface area contributed by atoms with E-state index >= 15 is 0 Å². The quantitative estimate of drug-likeness (QED) is 0.312. The molecule has 3 N–H and O–H groups in total. The number of hydrogen-bond donors (Lipinski definition) is 2. The number of nitrogens with zero attached hydrogens (tertiary/aromatic N) is 2. The van der Waals surface area contributed by atoms with Crippen LogP contribution >= 0.6 is 0 Å². The molecule has 0 fully saturated rings. The van der Waals surface area contributed by atoms with Crippen LogP contribution in [0.4, 0.5) is 5.69 Å². The van der Waals surface area contributed by atoms with Gasteiger partial charge in [-0.05, 0) is 60.0 Å². The minimum Gasteiger partial charge on any atom is -0.484 e. The zero-order valence-electron chi connectivity index (χ0n) is 19.1. The molecule has 182 valence electrons. The standard InChI is InChI=1S/C25H26N4O5S/c1-2-20-8-6-7-11-23(20)29(35(32,33)22-9-4-3-5-10-22)17-25(31)28-27-16-19-12-14-21(15-13-19)34-18-24(26)30/h3-16H,2,17-18H2,1H3,(H2,26,30)(H,28,31)/b27-16-. The van der Waals surface area contributed by atoms with Crippen molar-refractivity contribution in [3.05, 3.63) is 90.0 Å². The van der Waals surface area contributed by atoms with E-state index in [4.69, 9.17) is 10.5 Å². The minimum absolute atomic E-state index is 0.0841. The summed E-state index contributed by atoms with van der Waals surface area (Å²) in [5, 5.41) is 3.93. The fraction of sp³-hybridized carbons (Fsp3) is 0.160. The maximum absolute atomic E-state index is 13.4. The lowest BCUT2D eigenvalue weighted by Gasteiger charge is -2.25. The van der Waals surface area contributed by atoms with E-state index in [1.807, 2.05) is 19.1 Å². The number of carbonyl (C=O) groups excluding carboxylic acids is 2. The number of primary amides is 1. The molecular formula is C25H26N4O5S. The van der Waals surface area contributed by atoms with Gasteiger partial charge in [0.25, 0.3) is 21.8 Å². The zero-order valence-corrected chi connectivity index (χ0v) is 19.9. The molecule has 0 aliphatic rings. The second-order valence-electron chi connectivity index (χ2n) is 7.42. The van der Waals surface area contributed by atoms with E-state index in [2.05, 4.69) is 10.5 Å². The first-order valence-electron chi connectivity index (χ1n) is 10.8. The summed E-state index contributed by atoms with van der Waals surface area (Å²) >= 11 is 0. The van der Waals surface area contributed by atoms with E-state index in [9.17, 15) is 18.0 Å². The molecule has 3 rings (SSSR count). The number of nitrogens with one attached hydrogen (secondary N) is 1. The Kier molecular flexibility index (Phi) is 8.58. The number of carbonyl (C=O) groups is 2. The van der Waals surface area contributed by atoms with E-state index in [1.54, 1.807) is 54.6 Å². The SMILES string of the molecule is CCc1ccccc1N(CC(=O)N/N=C\c1ccc(OCC(N)=O)cc1)S(=O)(=O)c1ccccc1. The fourth-order valence-electron chi connectivity index (χ4n) is 3.22. The van der Waals surface area contributed by atoms with Crippen molar-refractivity contribution in [2.45, 2.75) is 18.2 Å². The smallest absolute Gasteiger partial charge is 0.264 e. The number of hydrazone groups is 1. The number of sulfonamides is 1. The average Bonchev–Trinajstić information content (AvgIpc) is 2.87. The van der Waals surface area contributed by atoms with Crippen LogP contribution in [0, 0.1) is 0 Å². The van der Waals surface area contributed by atoms with Crippen LogP contribution < -0.4 is 20.2 Å². The van der Waals surface area contributed by atoms with Crippen molar-refractivity contribution in [2.24, 2.45) is 10.8 Å². The van der Waals surface area contributed by atoms with Crippen molar-refractivity contribution in [3.63, 3.8) is 0 Å². The molecule has 3 aromatic rings. The van der Waals surface area contributed by atoms with Crippen molar-refractivity contribution in [3.8, 4) is 5.75 Å². The molecule has 0 bridgehead atoms. The Morgan fingerprint density at radius 1 is 1.00 bits per heavy atom. The third kappa shape index (κ3) is 6.90. The van der Waals surface area contributed by atoms with E-state index < -0.39 is 28.4 Å². The third-order valence-electron chi connectivity index (χ3n) is 4.92. The molecule has 0 unspecified atom stereocenters. The number of anilines is 1. The van der Waals surface area contributed by atoms with Crippen LogP contribution in [-0.4, -0.2) is 39.6 Å². The van der Waals surface area contributed by atoms with Crippen molar-refractivity contribution in [1.29, 1.82) is 0 Å². The molecule has 2 amide bonds. The fourth-order valence-corrected chi connectivity index (χ4v) is 4.70. The van der Waals surface area contributed by atoms with Crippen molar-refractivity contribution in [1.82, 2.24) is 5.43 Å². The lowest BCUT2D eigenvalue weighted by molar-refractivity contribution is -0.120. The number of aryl methyl sites for hydroxylation is 1. The molecule has 10 heteroatoms. The molecule has 3 aromatic carbocycles. The van der Waals surface area contributed by atoms with E-state index in [0.29, 0.717) is 23.4 Å². The van der Waals surface area contributed by atoms with Crippen LogP contribution in [0.15, 0.2) is 88.9 Å². The predicted molar refractivity (Wildman–Crippen MR) is 134 cm³/mol. The van der Waals surface area contributed by atoms with Gasteiger partial charge in [0.1, 0.15) is 12.3 Å². The van der Waals surface area contributed by atoms with Crippen LogP contribution in [0.5, 0.6) is 5.75 Å². The first-order valence-corrected chi connectivity index (χ1v) is 12.2. The van der Waals surface area contributed by atoms with Gasteiger partial charge >= 0.3 is 0 Å². The first-order chi connectivity index (χ1) is 16.8. The number of rotatable bonds is 11. The maximum Gasteiger partial charge on any atom is 0.264 e. The molecule has 0 aliphatic heterocycles. The van der Waals surface area contributed by atoms with Crippen molar-refractivity contribution in [2.75, 3.05) is 17.5 Å². The van der Waals surface area contributed by atoms with Crippen LogP contribution in [0.25, 0.3) is 0 Å². The Morgan fingerprint density at radius 3 is 2.31 bits per heavy atom. The Balaban J connectivity index is 1.75. The summed E-state index contributed by atoms with van der Waals surface area (Å²) in [6.07, 6.45) is 2.00. The van der Waals surface area contributed by atoms with Gasteiger partial charge < -0.3 is 10.5 Å². The van der Waals surface area contributed by atoms with Crippen molar-refractivity contribution >= 4 is 33.7 Å². The van der Waals surface area contributed by atoms with Gasteiger partial charge in [-0.15, -0.1) is 0 Å². The molecule has 0 saturated carbocycles. The van der Waals surface area contributed by atoms with Gasteiger partial charge in [-0.2, -0.15) is 5.10 Å². The summed E-state index contributed by atoms with van der Waals surface area (Å²) in [5.74, 6) is -0.724. The number of para-hydroxylation sites is 1.